The molecule has 2 N–H and O–H groups in total. The lowest BCUT2D eigenvalue weighted by molar-refractivity contribution is 0.585. The standard InChI is InChI=1S/C5H9N3O2S/c1-4-3-5(6)7-8(4)11(2,9)10/h3H,1-2H3,(H2,6,7). The first-order chi connectivity index (χ1) is 4.91. The van der Waals surface area contributed by atoms with Crippen molar-refractivity contribution in [1.82, 2.24) is 9.19 Å². The van der Waals surface area contributed by atoms with Gasteiger partial charge in [0.15, 0.2) is 0 Å². The number of nitrogens with two attached hydrogens (primary N) is 1. The first kappa shape index (κ1) is 8.06. The molecule has 0 bridgehead atoms. The molecule has 1 aromatic rings. The molecule has 0 amide bonds. The zero-order chi connectivity index (χ0) is 8.65. The first-order valence-electron chi connectivity index (χ1n) is 2.94. The van der Waals surface area contributed by atoms with Gasteiger partial charge >= 0.3 is 0 Å². The van der Waals surface area contributed by atoms with E-state index in [0.29, 0.717) is 5.69 Å². The van der Waals surface area contributed by atoms with Gasteiger partial charge in [-0.1, -0.05) is 0 Å². The second-order valence-corrected chi connectivity index (χ2v) is 4.13. The van der Waals surface area contributed by atoms with Crippen molar-refractivity contribution in [2.45, 2.75) is 6.92 Å². The molecule has 1 heterocycles. The zero-order valence-electron chi connectivity index (χ0n) is 6.27. The molecule has 0 radical (unpaired) electrons. The fourth-order valence-electron chi connectivity index (χ4n) is 0.818. The summed E-state index contributed by atoms with van der Waals surface area (Å²) in [5.41, 5.74) is 5.80. The van der Waals surface area contributed by atoms with Gasteiger partial charge in [0.25, 0.3) is 10.0 Å². The molecule has 11 heavy (non-hydrogen) atoms. The first-order valence-corrected chi connectivity index (χ1v) is 4.79. The molecule has 6 heteroatoms. The normalized spacial score (nSPS) is 11.8. The molecule has 1 aromatic heterocycles. The minimum absolute atomic E-state index is 0.216. The molecule has 0 spiro atoms. The van der Waals surface area contributed by atoms with Gasteiger partial charge < -0.3 is 5.73 Å². The van der Waals surface area contributed by atoms with Gasteiger partial charge in [0, 0.05) is 6.07 Å². The molecule has 0 saturated carbocycles. The van der Waals surface area contributed by atoms with Gasteiger partial charge in [-0.2, -0.15) is 4.09 Å². The number of aromatic nitrogens is 2. The fourth-order valence-corrected chi connectivity index (χ4v) is 1.64. The predicted molar refractivity (Wildman–Crippen MR) is 41.6 cm³/mol. The van der Waals surface area contributed by atoms with Crippen molar-refractivity contribution in [3.8, 4) is 0 Å². The molecule has 0 aromatic carbocycles. The van der Waals surface area contributed by atoms with E-state index in [1.165, 1.54) is 6.07 Å². The predicted octanol–water partition coefficient (Wildman–Crippen LogP) is -0.419. The van der Waals surface area contributed by atoms with E-state index < -0.39 is 10.0 Å². The van der Waals surface area contributed by atoms with E-state index in [9.17, 15) is 8.42 Å². The molecule has 0 aliphatic carbocycles. The number of hydrogen-bond donors (Lipinski definition) is 1. The molecular formula is C5H9N3O2S. The summed E-state index contributed by atoms with van der Waals surface area (Å²) in [4.78, 5) is 0. The average Bonchev–Trinajstić information content (AvgIpc) is 2.08. The Kier molecular flexibility index (Phi) is 1.63. The maximum Gasteiger partial charge on any atom is 0.251 e. The van der Waals surface area contributed by atoms with E-state index >= 15 is 0 Å². The number of nitrogens with zero attached hydrogens (tertiary/aromatic N) is 2. The molecule has 0 aliphatic heterocycles. The summed E-state index contributed by atoms with van der Waals surface area (Å²) in [5.74, 6) is 0.216. The van der Waals surface area contributed by atoms with Gasteiger partial charge in [0.05, 0.1) is 11.9 Å². The topological polar surface area (TPSA) is 78.0 Å². The van der Waals surface area contributed by atoms with Crippen molar-refractivity contribution in [2.75, 3.05) is 12.0 Å². The maximum atomic E-state index is 10.9. The Hall–Kier alpha value is -1.04. The van der Waals surface area contributed by atoms with E-state index in [1.807, 2.05) is 0 Å². The van der Waals surface area contributed by atoms with Crippen LogP contribution in [0.5, 0.6) is 0 Å². The van der Waals surface area contributed by atoms with Crippen LogP contribution in [-0.2, 0) is 10.0 Å². The highest BCUT2D eigenvalue weighted by Crippen LogP contribution is 2.05. The summed E-state index contributed by atoms with van der Waals surface area (Å²) < 4.78 is 22.7. The van der Waals surface area contributed by atoms with Crippen LogP contribution in [0.25, 0.3) is 0 Å². The molecule has 0 fully saturated rings. The highest BCUT2D eigenvalue weighted by molar-refractivity contribution is 7.89. The van der Waals surface area contributed by atoms with Crippen LogP contribution in [0.4, 0.5) is 5.82 Å². The number of anilines is 1. The van der Waals surface area contributed by atoms with Crippen LogP contribution in [-0.4, -0.2) is 23.9 Å². The lowest BCUT2D eigenvalue weighted by atomic mass is 10.5. The summed E-state index contributed by atoms with van der Waals surface area (Å²) in [5, 5.41) is 3.59. The highest BCUT2D eigenvalue weighted by atomic mass is 32.2. The van der Waals surface area contributed by atoms with Crippen LogP contribution in [0, 0.1) is 6.92 Å². The smallest absolute Gasteiger partial charge is 0.251 e. The molecule has 5 nitrogen and oxygen atoms in total. The Morgan fingerprint density at radius 1 is 1.64 bits per heavy atom. The Morgan fingerprint density at radius 2 is 2.18 bits per heavy atom. The second-order valence-electron chi connectivity index (χ2n) is 2.32. The van der Waals surface area contributed by atoms with Gasteiger partial charge in [-0.25, -0.2) is 8.42 Å². The molecule has 1 rings (SSSR count). The molecule has 0 saturated heterocycles. The van der Waals surface area contributed by atoms with Crippen molar-refractivity contribution in [3.63, 3.8) is 0 Å². The Morgan fingerprint density at radius 3 is 2.36 bits per heavy atom. The van der Waals surface area contributed by atoms with Gasteiger partial charge in [-0.3, -0.25) is 0 Å². The van der Waals surface area contributed by atoms with Crippen LogP contribution >= 0.6 is 0 Å². The summed E-state index contributed by atoms with van der Waals surface area (Å²) in [6, 6.07) is 1.50. The third-order valence-corrected chi connectivity index (χ3v) is 2.18. The lowest BCUT2D eigenvalue weighted by Gasteiger charge is -1.97. The molecule has 62 valence electrons. The third kappa shape index (κ3) is 1.51. The van der Waals surface area contributed by atoms with Crippen LogP contribution in [0.2, 0.25) is 0 Å². The highest BCUT2D eigenvalue weighted by Gasteiger charge is 2.09. The summed E-state index contributed by atoms with van der Waals surface area (Å²) in [7, 11) is -3.29. The van der Waals surface area contributed by atoms with Gasteiger partial charge in [-0.15, -0.1) is 5.10 Å². The van der Waals surface area contributed by atoms with Crippen LogP contribution in [0.3, 0.4) is 0 Å². The summed E-state index contributed by atoms with van der Waals surface area (Å²) >= 11 is 0. The fraction of sp³-hybridized carbons (Fsp3) is 0.400. The largest absolute Gasteiger partial charge is 0.382 e. The number of rotatable bonds is 1. The molecular weight excluding hydrogens is 166 g/mol. The van der Waals surface area contributed by atoms with Crippen molar-refractivity contribution in [3.05, 3.63) is 11.8 Å². The molecule has 0 atom stereocenters. The number of nitrogen functional groups attached to an aromatic ring is 1. The van der Waals surface area contributed by atoms with E-state index in [2.05, 4.69) is 5.10 Å². The van der Waals surface area contributed by atoms with E-state index in [0.717, 1.165) is 10.3 Å². The SMILES string of the molecule is Cc1cc(N)nn1S(C)(=O)=O. The van der Waals surface area contributed by atoms with E-state index in [1.54, 1.807) is 6.92 Å². The van der Waals surface area contributed by atoms with Crippen molar-refractivity contribution in [2.24, 2.45) is 0 Å². The maximum absolute atomic E-state index is 10.9. The van der Waals surface area contributed by atoms with Gasteiger partial charge in [0.1, 0.15) is 5.82 Å². The third-order valence-electron chi connectivity index (χ3n) is 1.18. The minimum atomic E-state index is -3.29. The molecule has 0 unspecified atom stereocenters. The van der Waals surface area contributed by atoms with Crippen LogP contribution in [0.15, 0.2) is 6.07 Å². The summed E-state index contributed by atoms with van der Waals surface area (Å²) in [6.07, 6.45) is 1.08. The van der Waals surface area contributed by atoms with Crippen LogP contribution < -0.4 is 5.73 Å². The van der Waals surface area contributed by atoms with E-state index in [4.69, 9.17) is 5.73 Å². The molecule has 0 aliphatic rings. The Labute approximate surface area is 64.9 Å². The zero-order valence-corrected chi connectivity index (χ0v) is 7.09. The number of aryl methyl sites for hydroxylation is 1. The Balaban J connectivity index is 3.36. The van der Waals surface area contributed by atoms with E-state index in [-0.39, 0.29) is 5.82 Å². The van der Waals surface area contributed by atoms with Gasteiger partial charge in [-0.05, 0) is 6.92 Å². The summed E-state index contributed by atoms with van der Waals surface area (Å²) in [6.45, 7) is 1.63. The second kappa shape index (κ2) is 2.23. The van der Waals surface area contributed by atoms with Crippen LogP contribution in [0.1, 0.15) is 5.69 Å². The van der Waals surface area contributed by atoms with Crippen molar-refractivity contribution >= 4 is 15.8 Å². The van der Waals surface area contributed by atoms with Crippen molar-refractivity contribution < 1.29 is 8.42 Å². The van der Waals surface area contributed by atoms with Gasteiger partial charge in [0.2, 0.25) is 0 Å². The monoisotopic (exact) mass is 175 g/mol. The Bertz CT molecular complexity index is 365. The van der Waals surface area contributed by atoms with Crippen molar-refractivity contribution in [1.29, 1.82) is 0 Å². The average molecular weight is 175 g/mol. The number of hydrogen-bond acceptors (Lipinski definition) is 4. The quantitative estimate of drug-likeness (QED) is 0.629. The minimum Gasteiger partial charge on any atom is -0.382 e. The lowest BCUT2D eigenvalue weighted by Crippen LogP contribution is -2.13.